The maximum absolute atomic E-state index is 10.6. The van der Waals surface area contributed by atoms with E-state index in [1.165, 1.54) is 25.7 Å². The summed E-state index contributed by atoms with van der Waals surface area (Å²) in [6.45, 7) is 3.21. The number of benzene rings is 2. The maximum Gasteiger partial charge on any atom is 0.107 e. The van der Waals surface area contributed by atoms with Gasteiger partial charge in [-0.3, -0.25) is 0 Å². The summed E-state index contributed by atoms with van der Waals surface area (Å²) in [5, 5.41) is 10.6. The minimum atomic E-state index is -0.587. The predicted octanol–water partition coefficient (Wildman–Crippen LogP) is 1.94. The first kappa shape index (κ1) is 25.9. The van der Waals surface area contributed by atoms with Gasteiger partial charge in [-0.2, -0.15) is 5.26 Å². The van der Waals surface area contributed by atoms with Crippen molar-refractivity contribution in [2.45, 2.75) is 49.6 Å². The molecule has 178 valence electrons. The average molecular weight is 514 g/mol. The number of nitrogens with zero attached hydrogens (tertiary/aromatic N) is 2. The van der Waals surface area contributed by atoms with E-state index in [4.69, 9.17) is 9.47 Å². The van der Waals surface area contributed by atoms with Gasteiger partial charge in [0, 0.05) is 32.8 Å². The highest BCUT2D eigenvalue weighted by Gasteiger charge is 2.52. The highest BCUT2D eigenvalue weighted by molar-refractivity contribution is 5.45. The fourth-order valence-electron chi connectivity index (χ4n) is 6.35. The molecule has 2 unspecified atom stereocenters. The van der Waals surface area contributed by atoms with E-state index in [1.807, 2.05) is 12.1 Å². The molecule has 2 bridgehead atoms. The third-order valence-electron chi connectivity index (χ3n) is 8.18. The van der Waals surface area contributed by atoms with Crippen molar-refractivity contribution in [3.05, 3.63) is 71.8 Å². The van der Waals surface area contributed by atoms with Gasteiger partial charge in [-0.25, -0.2) is 0 Å². The van der Waals surface area contributed by atoms with Crippen LogP contribution in [0.1, 0.15) is 43.2 Å². The van der Waals surface area contributed by atoms with Gasteiger partial charge in [0.05, 0.1) is 45.0 Å². The molecule has 4 nitrogen and oxygen atoms in total. The predicted molar refractivity (Wildman–Crippen MR) is 127 cm³/mol. The van der Waals surface area contributed by atoms with Crippen molar-refractivity contribution in [1.82, 2.24) is 0 Å². The first-order valence-electron chi connectivity index (χ1n) is 12.1. The fraction of sp³-hybridized carbons (Fsp3) is 0.536. The van der Waals surface area contributed by atoms with Crippen molar-refractivity contribution >= 4 is 0 Å². The molecule has 2 aliphatic rings. The summed E-state index contributed by atoms with van der Waals surface area (Å²) >= 11 is 0. The summed E-state index contributed by atoms with van der Waals surface area (Å²) in [6, 6.07) is 25.0. The molecule has 0 saturated carbocycles. The number of likely N-dealkylation sites (N-methyl/N-ethyl adjacent to an activating group) is 1. The van der Waals surface area contributed by atoms with Crippen molar-refractivity contribution in [1.29, 1.82) is 5.26 Å². The van der Waals surface area contributed by atoms with Gasteiger partial charge in [0.1, 0.15) is 12.0 Å². The molecule has 5 heteroatoms. The van der Waals surface area contributed by atoms with Crippen LogP contribution in [0, 0.1) is 17.2 Å². The van der Waals surface area contributed by atoms with Crippen molar-refractivity contribution in [3.63, 3.8) is 0 Å². The summed E-state index contributed by atoms with van der Waals surface area (Å²) in [6.07, 6.45) is 5.90. The molecule has 2 aromatic carbocycles. The third kappa shape index (κ3) is 5.35. The Morgan fingerprint density at radius 3 is 1.94 bits per heavy atom. The van der Waals surface area contributed by atoms with E-state index in [9.17, 15) is 5.26 Å². The van der Waals surface area contributed by atoms with Crippen molar-refractivity contribution < 1.29 is 30.9 Å². The summed E-state index contributed by atoms with van der Waals surface area (Å²) in [4.78, 5) is 0. The lowest BCUT2D eigenvalue weighted by Crippen LogP contribution is -3.00. The Balaban J connectivity index is 0.00000306. The number of piperidine rings is 1. The summed E-state index contributed by atoms with van der Waals surface area (Å²) in [5.74, 6) is 0.563. The Bertz CT molecular complexity index is 846. The lowest BCUT2D eigenvalue weighted by Gasteiger charge is -2.48. The second-order valence-electron chi connectivity index (χ2n) is 9.85. The normalized spacial score (nSPS) is 26.4. The molecule has 2 aliphatic heterocycles. The number of quaternary nitrogens is 1. The molecule has 0 N–H and O–H groups in total. The van der Waals surface area contributed by atoms with Crippen LogP contribution in [0.15, 0.2) is 60.7 Å². The van der Waals surface area contributed by atoms with Gasteiger partial charge < -0.3 is 30.9 Å². The molecule has 0 aliphatic carbocycles. The molecule has 33 heavy (non-hydrogen) atoms. The van der Waals surface area contributed by atoms with Crippen LogP contribution in [-0.4, -0.2) is 57.1 Å². The van der Waals surface area contributed by atoms with Crippen LogP contribution in [0.5, 0.6) is 0 Å². The van der Waals surface area contributed by atoms with Crippen LogP contribution in [0.3, 0.4) is 0 Å². The molecule has 2 fully saturated rings. The first-order chi connectivity index (χ1) is 15.6. The summed E-state index contributed by atoms with van der Waals surface area (Å²) < 4.78 is 12.1. The summed E-state index contributed by atoms with van der Waals surface area (Å²) in [7, 11) is 4.15. The molecule has 2 heterocycles. The minimum absolute atomic E-state index is 0. The third-order valence-corrected chi connectivity index (χ3v) is 8.18. The second-order valence-corrected chi connectivity index (χ2v) is 9.85. The Kier molecular flexibility index (Phi) is 9.12. The number of hydrogen-bond donors (Lipinski definition) is 0. The second kappa shape index (κ2) is 11.6. The van der Waals surface area contributed by atoms with E-state index in [1.54, 1.807) is 7.11 Å². The van der Waals surface area contributed by atoms with Crippen LogP contribution < -0.4 is 17.0 Å². The van der Waals surface area contributed by atoms with Gasteiger partial charge in [-0.15, -0.1) is 0 Å². The van der Waals surface area contributed by atoms with Crippen LogP contribution in [0.25, 0.3) is 0 Å². The number of ether oxygens (including phenoxy) is 2. The van der Waals surface area contributed by atoms with E-state index in [0.717, 1.165) is 35.2 Å². The van der Waals surface area contributed by atoms with Crippen LogP contribution in [0.2, 0.25) is 0 Å². The highest BCUT2D eigenvalue weighted by Crippen LogP contribution is 2.48. The zero-order valence-corrected chi connectivity index (χ0v) is 21.5. The number of nitriles is 1. The molecule has 0 spiro atoms. The van der Waals surface area contributed by atoms with E-state index < -0.39 is 5.41 Å². The first-order valence-corrected chi connectivity index (χ1v) is 12.1. The Labute approximate surface area is 209 Å². The van der Waals surface area contributed by atoms with Gasteiger partial charge >= 0.3 is 0 Å². The Hall–Kier alpha value is -1.71. The molecule has 2 aromatic rings. The van der Waals surface area contributed by atoms with Gasteiger partial charge in [0.15, 0.2) is 0 Å². The number of hydrogen-bond acceptors (Lipinski definition) is 3. The quantitative estimate of drug-likeness (QED) is 0.360. The average Bonchev–Trinajstić information content (AvgIpc) is 3.00. The largest absolute Gasteiger partial charge is 1.00 e. The van der Waals surface area contributed by atoms with Crippen molar-refractivity contribution in [3.8, 4) is 6.07 Å². The van der Waals surface area contributed by atoms with E-state index in [2.05, 4.69) is 61.6 Å². The van der Waals surface area contributed by atoms with Crippen LogP contribution in [-0.2, 0) is 14.9 Å². The molecule has 4 rings (SSSR count). The van der Waals surface area contributed by atoms with Crippen molar-refractivity contribution in [2.24, 2.45) is 5.92 Å². The van der Waals surface area contributed by atoms with E-state index in [-0.39, 0.29) is 17.0 Å². The molecular weight excluding hydrogens is 476 g/mol. The smallest absolute Gasteiger partial charge is 0.107 e. The van der Waals surface area contributed by atoms with Gasteiger partial charge in [0.25, 0.3) is 0 Å². The fourth-order valence-corrected chi connectivity index (χ4v) is 6.35. The van der Waals surface area contributed by atoms with E-state index in [0.29, 0.717) is 31.2 Å². The molecule has 0 aromatic heterocycles. The Morgan fingerprint density at radius 2 is 1.45 bits per heavy atom. The molecular formula is C28H37BrN2O2. The van der Waals surface area contributed by atoms with Gasteiger partial charge in [-0.05, 0) is 23.5 Å². The molecule has 0 amide bonds. The molecule has 4 atom stereocenters. The zero-order valence-electron chi connectivity index (χ0n) is 20.0. The number of rotatable bonds is 10. The standard InChI is InChI=1S/C28H37N2O2.BrH/c1-30(15-16-32-18-17-31-2)26-13-14-27(30)20-23(19-26)21-28(22-29,24-9-5-3-6-10-24)25-11-7-4-8-12-25;/h3-12,23,26-27H,13-21H2,1-2H3;1H/q+1;/p-1/t23?,26-,27+,30?;. The van der Waals surface area contributed by atoms with Gasteiger partial charge in [0.2, 0.25) is 0 Å². The number of halogens is 1. The lowest BCUT2D eigenvalue weighted by molar-refractivity contribution is -0.949. The SMILES string of the molecule is COCCOCC[N+]1(C)[C@@H]2CC[C@H]1CC(CC(C#N)(c1ccccc1)c1ccccc1)C2.[Br-]. The highest BCUT2D eigenvalue weighted by atomic mass is 79.9. The maximum atomic E-state index is 10.6. The van der Waals surface area contributed by atoms with E-state index >= 15 is 0 Å². The Morgan fingerprint density at radius 1 is 0.909 bits per heavy atom. The van der Waals surface area contributed by atoms with Gasteiger partial charge in [-0.1, -0.05) is 60.7 Å². The lowest BCUT2D eigenvalue weighted by atomic mass is 9.67. The summed E-state index contributed by atoms with van der Waals surface area (Å²) in [5.41, 5.74) is 1.65. The van der Waals surface area contributed by atoms with Crippen LogP contribution >= 0.6 is 0 Å². The minimum Gasteiger partial charge on any atom is -1.00 e. The zero-order chi connectivity index (χ0) is 22.4. The number of fused-ring (bicyclic) bond motifs is 2. The van der Waals surface area contributed by atoms with Crippen LogP contribution in [0.4, 0.5) is 0 Å². The monoisotopic (exact) mass is 512 g/mol. The van der Waals surface area contributed by atoms with Crippen molar-refractivity contribution in [2.75, 3.05) is 40.5 Å². The molecule has 0 radical (unpaired) electrons. The number of methoxy groups -OCH3 is 1. The molecule has 2 saturated heterocycles. The topological polar surface area (TPSA) is 42.2 Å².